The van der Waals surface area contributed by atoms with Gasteiger partial charge in [0.2, 0.25) is 5.88 Å². The molecule has 3 rings (SSSR count). The van der Waals surface area contributed by atoms with Gasteiger partial charge in [-0.1, -0.05) is 23.7 Å². The number of pyridine rings is 1. The number of ether oxygens (including phenoxy) is 1. The Bertz CT molecular complexity index is 1040. The Morgan fingerprint density at radius 2 is 1.75 bits per heavy atom. The van der Waals surface area contributed by atoms with Gasteiger partial charge in [-0.15, -0.1) is 0 Å². The first-order valence-corrected chi connectivity index (χ1v) is 8.45. The minimum atomic E-state index is -1.27. The van der Waals surface area contributed by atoms with Crippen LogP contribution in [-0.2, 0) is 17.8 Å². The van der Waals surface area contributed by atoms with E-state index in [0.29, 0.717) is 0 Å². The van der Waals surface area contributed by atoms with E-state index >= 15 is 0 Å². The van der Waals surface area contributed by atoms with Gasteiger partial charge in [-0.3, -0.25) is 4.79 Å². The van der Waals surface area contributed by atoms with E-state index in [9.17, 15) is 18.0 Å². The van der Waals surface area contributed by atoms with Gasteiger partial charge >= 0.3 is 5.97 Å². The van der Waals surface area contributed by atoms with E-state index in [1.54, 1.807) is 0 Å². The van der Waals surface area contributed by atoms with Crippen LogP contribution in [0.15, 0.2) is 48.5 Å². The number of hydrogen-bond acceptors (Lipinski definition) is 3. The van der Waals surface area contributed by atoms with Crippen molar-refractivity contribution < 1.29 is 27.8 Å². The summed E-state index contributed by atoms with van der Waals surface area (Å²) in [5, 5.41) is 9.00. The molecule has 0 aliphatic carbocycles. The highest BCUT2D eigenvalue weighted by atomic mass is 35.5. The molecular weight excluding hydrogens is 395 g/mol. The number of aliphatic carboxylic acids is 1. The lowest BCUT2D eigenvalue weighted by atomic mass is 10.0. The zero-order valence-corrected chi connectivity index (χ0v) is 15.0. The smallest absolute Gasteiger partial charge is 0.307 e. The Balaban J connectivity index is 1.83. The van der Waals surface area contributed by atoms with Gasteiger partial charge in [-0.25, -0.2) is 18.2 Å². The quantitative estimate of drug-likeness (QED) is 0.623. The molecule has 1 heterocycles. The molecule has 0 bridgehead atoms. The monoisotopic (exact) mass is 407 g/mol. The number of hydrogen-bond donors (Lipinski definition) is 1. The molecular formula is C20H13ClF3NO3. The van der Waals surface area contributed by atoms with Gasteiger partial charge in [-0.2, -0.15) is 0 Å². The molecule has 4 nitrogen and oxygen atoms in total. The lowest BCUT2D eigenvalue weighted by molar-refractivity contribution is -0.136. The fourth-order valence-electron chi connectivity index (χ4n) is 2.52. The number of aromatic nitrogens is 1. The first-order valence-electron chi connectivity index (χ1n) is 8.07. The predicted molar refractivity (Wildman–Crippen MR) is 96.7 cm³/mol. The van der Waals surface area contributed by atoms with Crippen LogP contribution in [0.5, 0.6) is 5.88 Å². The normalized spacial score (nSPS) is 10.7. The summed E-state index contributed by atoms with van der Waals surface area (Å²) < 4.78 is 47.7. The van der Waals surface area contributed by atoms with Gasteiger partial charge in [-0.05, 0) is 30.3 Å². The van der Waals surface area contributed by atoms with E-state index in [0.717, 1.165) is 18.2 Å². The Kier molecular flexibility index (Phi) is 5.84. The summed E-state index contributed by atoms with van der Waals surface area (Å²) in [6.45, 7) is -0.131. The second kappa shape index (κ2) is 8.31. The maximum Gasteiger partial charge on any atom is 0.307 e. The topological polar surface area (TPSA) is 59.4 Å². The number of halogens is 4. The van der Waals surface area contributed by atoms with Gasteiger partial charge in [0.05, 0.1) is 12.1 Å². The molecule has 3 aromatic rings. The second-order valence-corrected chi connectivity index (χ2v) is 6.32. The molecule has 0 spiro atoms. The van der Waals surface area contributed by atoms with Crippen LogP contribution in [0.3, 0.4) is 0 Å². The Morgan fingerprint density at radius 3 is 2.46 bits per heavy atom. The van der Waals surface area contributed by atoms with Crippen LogP contribution in [-0.4, -0.2) is 16.1 Å². The number of carboxylic acid groups (broad SMARTS) is 1. The molecule has 144 valence electrons. The summed E-state index contributed by atoms with van der Waals surface area (Å²) in [6, 6.07) is 10.3. The van der Waals surface area contributed by atoms with Crippen molar-refractivity contribution in [2.75, 3.05) is 0 Å². The minimum Gasteiger partial charge on any atom is -0.481 e. The first-order chi connectivity index (χ1) is 13.3. The molecule has 0 fully saturated rings. The Labute approximate surface area is 163 Å². The lowest BCUT2D eigenvalue weighted by Crippen LogP contribution is -2.04. The van der Waals surface area contributed by atoms with Crippen LogP contribution in [0.1, 0.15) is 11.1 Å². The maximum absolute atomic E-state index is 14.3. The SMILES string of the molecule is O=C(O)Cc1cc(F)c(-c2cccc(OCc3ccc(Cl)cc3F)n2)cc1F. The van der Waals surface area contributed by atoms with Crippen molar-refractivity contribution in [2.45, 2.75) is 13.0 Å². The number of rotatable bonds is 6. The molecule has 2 aromatic carbocycles. The fourth-order valence-corrected chi connectivity index (χ4v) is 2.68. The van der Waals surface area contributed by atoms with Gasteiger partial charge < -0.3 is 9.84 Å². The molecule has 0 aliphatic rings. The summed E-state index contributed by atoms with van der Waals surface area (Å²) >= 11 is 5.70. The molecule has 0 radical (unpaired) electrons. The van der Waals surface area contributed by atoms with E-state index in [2.05, 4.69) is 4.98 Å². The van der Waals surface area contributed by atoms with E-state index in [1.807, 2.05) is 0 Å². The van der Waals surface area contributed by atoms with Crippen molar-refractivity contribution in [3.63, 3.8) is 0 Å². The maximum atomic E-state index is 14.3. The fraction of sp³-hybridized carbons (Fsp3) is 0.100. The van der Waals surface area contributed by atoms with Gasteiger partial charge in [0.25, 0.3) is 0 Å². The first kappa shape index (κ1) is 19.7. The molecule has 0 aliphatic heterocycles. The van der Waals surface area contributed by atoms with Crippen LogP contribution in [0, 0.1) is 17.5 Å². The van der Waals surface area contributed by atoms with Crippen LogP contribution >= 0.6 is 11.6 Å². The Hall–Kier alpha value is -3.06. The minimum absolute atomic E-state index is 0.0845. The zero-order chi connectivity index (χ0) is 20.3. The van der Waals surface area contributed by atoms with Crippen molar-refractivity contribution in [1.29, 1.82) is 0 Å². The highest BCUT2D eigenvalue weighted by Crippen LogP contribution is 2.26. The predicted octanol–water partition coefficient (Wildman–Crippen LogP) is 5.03. The van der Waals surface area contributed by atoms with Crippen molar-refractivity contribution in [3.8, 4) is 17.1 Å². The summed E-state index contributed by atoms with van der Waals surface area (Å²) in [4.78, 5) is 14.8. The van der Waals surface area contributed by atoms with Crippen molar-refractivity contribution in [1.82, 2.24) is 4.98 Å². The third-order valence-corrected chi connectivity index (χ3v) is 4.10. The van der Waals surface area contributed by atoms with Gasteiger partial charge in [0.1, 0.15) is 24.1 Å². The number of benzene rings is 2. The van der Waals surface area contributed by atoms with Crippen LogP contribution in [0.2, 0.25) is 5.02 Å². The molecule has 0 amide bonds. The summed E-state index contributed by atoms with van der Waals surface area (Å²) in [7, 11) is 0. The third-order valence-electron chi connectivity index (χ3n) is 3.87. The summed E-state index contributed by atoms with van der Waals surface area (Å²) in [5.41, 5.74) is -0.0617. The molecule has 8 heteroatoms. The highest BCUT2D eigenvalue weighted by molar-refractivity contribution is 6.30. The van der Waals surface area contributed by atoms with Crippen molar-refractivity contribution in [2.24, 2.45) is 0 Å². The summed E-state index contributed by atoms with van der Waals surface area (Å²) in [5.74, 6) is -3.39. The van der Waals surface area contributed by atoms with Crippen LogP contribution in [0.25, 0.3) is 11.3 Å². The van der Waals surface area contributed by atoms with Crippen molar-refractivity contribution in [3.05, 3.63) is 82.1 Å². The largest absolute Gasteiger partial charge is 0.481 e. The zero-order valence-electron chi connectivity index (χ0n) is 14.3. The molecule has 1 aromatic heterocycles. The summed E-state index contributed by atoms with van der Waals surface area (Å²) in [6.07, 6.45) is -0.633. The van der Waals surface area contributed by atoms with Crippen LogP contribution in [0.4, 0.5) is 13.2 Å². The molecule has 0 saturated carbocycles. The molecule has 0 atom stereocenters. The molecule has 28 heavy (non-hydrogen) atoms. The molecule has 1 N–H and O–H groups in total. The lowest BCUT2D eigenvalue weighted by Gasteiger charge is -2.10. The number of carbonyl (C=O) groups is 1. The van der Waals surface area contributed by atoms with E-state index in [4.69, 9.17) is 21.4 Å². The van der Waals surface area contributed by atoms with E-state index < -0.39 is 29.8 Å². The average Bonchev–Trinajstić information content (AvgIpc) is 2.63. The van der Waals surface area contributed by atoms with E-state index in [1.165, 1.54) is 30.3 Å². The van der Waals surface area contributed by atoms with Crippen LogP contribution < -0.4 is 4.74 Å². The van der Waals surface area contributed by atoms with E-state index in [-0.39, 0.29) is 39.9 Å². The van der Waals surface area contributed by atoms with Gasteiger partial charge in [0.15, 0.2) is 0 Å². The average molecular weight is 408 g/mol. The number of carboxylic acids is 1. The molecule has 0 unspecified atom stereocenters. The highest BCUT2D eigenvalue weighted by Gasteiger charge is 2.15. The standard InChI is InChI=1S/C20H13ClF3NO3/c21-13-5-4-11(15(22)8-13)10-28-19-3-1-2-18(25-19)14-9-16(23)12(6-17(14)24)7-20(26)27/h1-6,8-9H,7,10H2,(H,26,27). The second-order valence-electron chi connectivity index (χ2n) is 5.88. The van der Waals surface area contributed by atoms with Gasteiger partial charge in [0, 0.05) is 27.8 Å². The third kappa shape index (κ3) is 4.61. The molecule has 0 saturated heterocycles. The Morgan fingerprint density at radius 1 is 1.00 bits per heavy atom. The number of nitrogens with zero attached hydrogens (tertiary/aromatic N) is 1. The van der Waals surface area contributed by atoms with Crippen molar-refractivity contribution >= 4 is 17.6 Å².